The molecular weight excluding hydrogens is 386 g/mol. The Labute approximate surface area is 160 Å². The van der Waals surface area contributed by atoms with Crippen molar-refractivity contribution in [2.45, 2.75) is 4.90 Å². The second-order valence-electron chi connectivity index (χ2n) is 5.71. The fourth-order valence-corrected chi connectivity index (χ4v) is 3.65. The van der Waals surface area contributed by atoms with Gasteiger partial charge in [-0.1, -0.05) is 29.8 Å². The van der Waals surface area contributed by atoms with Gasteiger partial charge in [-0.25, -0.2) is 17.8 Å². The van der Waals surface area contributed by atoms with Crippen LogP contribution in [0.1, 0.15) is 0 Å². The normalized spacial score (nSPS) is 11.4. The quantitative estimate of drug-likeness (QED) is 0.556. The number of anilines is 1. The third-order valence-electron chi connectivity index (χ3n) is 3.81. The van der Waals surface area contributed by atoms with Crippen molar-refractivity contribution in [3.8, 4) is 11.4 Å². The predicted molar refractivity (Wildman–Crippen MR) is 103 cm³/mol. The maximum Gasteiger partial charge on any atom is 0.261 e. The van der Waals surface area contributed by atoms with Crippen molar-refractivity contribution in [1.29, 1.82) is 0 Å². The zero-order chi connectivity index (χ0) is 18.9. The van der Waals surface area contributed by atoms with Crippen LogP contribution in [-0.2, 0) is 10.0 Å². The Hall–Kier alpha value is -3.10. The Morgan fingerprint density at radius 3 is 2.22 bits per heavy atom. The minimum absolute atomic E-state index is 0.122. The summed E-state index contributed by atoms with van der Waals surface area (Å²) >= 11 is 5.80. The fourth-order valence-electron chi connectivity index (χ4n) is 2.50. The van der Waals surface area contributed by atoms with E-state index in [9.17, 15) is 8.42 Å². The average Bonchev–Trinajstić information content (AvgIpc) is 3.32. The van der Waals surface area contributed by atoms with Crippen LogP contribution in [0.15, 0.2) is 84.3 Å². The number of rotatable bonds is 5. The number of para-hydroxylation sites is 1. The number of hydrogen-bond donors (Lipinski definition) is 1. The lowest BCUT2D eigenvalue weighted by Gasteiger charge is -2.05. The van der Waals surface area contributed by atoms with Gasteiger partial charge in [0.15, 0.2) is 0 Å². The first kappa shape index (κ1) is 17.3. The summed E-state index contributed by atoms with van der Waals surface area (Å²) in [6, 6.07) is 15.6. The lowest BCUT2D eigenvalue weighted by atomic mass is 10.3. The fraction of sp³-hybridized carbons (Fsp3) is 0. The molecule has 4 aromatic rings. The number of nitrogens with one attached hydrogen (secondary N) is 1. The molecule has 0 amide bonds. The van der Waals surface area contributed by atoms with Crippen LogP contribution in [0.2, 0.25) is 5.02 Å². The van der Waals surface area contributed by atoms with Crippen molar-refractivity contribution < 1.29 is 8.42 Å². The molecule has 2 heterocycles. The maximum absolute atomic E-state index is 12.4. The van der Waals surface area contributed by atoms with Crippen molar-refractivity contribution in [2.24, 2.45) is 0 Å². The standard InChI is InChI=1S/C18H14ClN5O2S/c19-14-6-8-18(9-7-14)27(25,26)22-15-10-20-23(12-15)17-11-21-24(13-17)16-4-2-1-3-5-16/h1-13,22H. The predicted octanol–water partition coefficient (Wildman–Crippen LogP) is 3.51. The van der Waals surface area contributed by atoms with Gasteiger partial charge >= 0.3 is 0 Å². The van der Waals surface area contributed by atoms with E-state index in [1.54, 1.807) is 28.0 Å². The topological polar surface area (TPSA) is 81.8 Å². The minimum Gasteiger partial charge on any atom is -0.276 e. The Balaban J connectivity index is 1.55. The summed E-state index contributed by atoms with van der Waals surface area (Å²) in [7, 11) is -3.72. The molecular formula is C18H14ClN5O2S. The highest BCUT2D eigenvalue weighted by molar-refractivity contribution is 7.92. The van der Waals surface area contributed by atoms with Gasteiger partial charge in [0.05, 0.1) is 41.1 Å². The molecule has 4 rings (SSSR count). The van der Waals surface area contributed by atoms with Crippen molar-refractivity contribution in [2.75, 3.05) is 4.72 Å². The Kier molecular flexibility index (Phi) is 4.43. The van der Waals surface area contributed by atoms with Crippen LogP contribution in [0.3, 0.4) is 0 Å². The number of sulfonamides is 1. The van der Waals surface area contributed by atoms with Gasteiger partial charge in [-0.2, -0.15) is 10.2 Å². The van der Waals surface area contributed by atoms with E-state index in [1.807, 2.05) is 30.3 Å². The van der Waals surface area contributed by atoms with E-state index < -0.39 is 10.0 Å². The minimum atomic E-state index is -3.72. The van der Waals surface area contributed by atoms with E-state index in [-0.39, 0.29) is 4.90 Å². The summed E-state index contributed by atoms with van der Waals surface area (Å²) in [6.45, 7) is 0. The van der Waals surface area contributed by atoms with E-state index >= 15 is 0 Å². The van der Waals surface area contributed by atoms with Gasteiger partial charge in [-0.05, 0) is 36.4 Å². The van der Waals surface area contributed by atoms with Gasteiger partial charge < -0.3 is 0 Å². The molecule has 0 bridgehead atoms. The van der Waals surface area contributed by atoms with Crippen molar-refractivity contribution >= 4 is 27.3 Å². The smallest absolute Gasteiger partial charge is 0.261 e. The van der Waals surface area contributed by atoms with E-state index in [0.717, 1.165) is 5.69 Å². The molecule has 136 valence electrons. The van der Waals surface area contributed by atoms with Crippen LogP contribution in [-0.4, -0.2) is 28.0 Å². The highest BCUT2D eigenvalue weighted by Gasteiger charge is 2.15. The van der Waals surface area contributed by atoms with Gasteiger partial charge in [0.2, 0.25) is 0 Å². The SMILES string of the molecule is O=S(=O)(Nc1cnn(-c2cnn(-c3ccccc3)c2)c1)c1ccc(Cl)cc1. The maximum atomic E-state index is 12.4. The number of aromatic nitrogens is 4. The Morgan fingerprint density at radius 2 is 1.48 bits per heavy atom. The van der Waals surface area contributed by atoms with E-state index in [0.29, 0.717) is 16.4 Å². The molecule has 0 aliphatic rings. The molecule has 0 aliphatic carbocycles. The molecule has 1 N–H and O–H groups in total. The summed E-state index contributed by atoms with van der Waals surface area (Å²) in [6.07, 6.45) is 6.48. The molecule has 0 fully saturated rings. The number of benzene rings is 2. The summed E-state index contributed by atoms with van der Waals surface area (Å²) in [5, 5.41) is 8.98. The Morgan fingerprint density at radius 1 is 0.815 bits per heavy atom. The summed E-state index contributed by atoms with van der Waals surface area (Å²) in [5.74, 6) is 0. The number of halogens is 1. The average molecular weight is 400 g/mol. The molecule has 9 heteroatoms. The first-order chi connectivity index (χ1) is 13.0. The largest absolute Gasteiger partial charge is 0.276 e. The first-order valence-corrected chi connectivity index (χ1v) is 9.81. The van der Waals surface area contributed by atoms with Crippen molar-refractivity contribution in [3.05, 3.63) is 84.4 Å². The summed E-state index contributed by atoms with van der Waals surface area (Å²) < 4.78 is 30.6. The van der Waals surface area contributed by atoms with Crippen LogP contribution in [0.5, 0.6) is 0 Å². The molecule has 0 saturated carbocycles. The molecule has 7 nitrogen and oxygen atoms in total. The van der Waals surface area contributed by atoms with Crippen LogP contribution in [0, 0.1) is 0 Å². The molecule has 0 unspecified atom stereocenters. The first-order valence-electron chi connectivity index (χ1n) is 7.95. The van der Waals surface area contributed by atoms with Crippen molar-refractivity contribution in [1.82, 2.24) is 19.6 Å². The molecule has 0 spiro atoms. The summed E-state index contributed by atoms with van der Waals surface area (Å²) in [4.78, 5) is 0.122. The molecule has 0 saturated heterocycles. The van der Waals surface area contributed by atoms with Crippen molar-refractivity contribution in [3.63, 3.8) is 0 Å². The third-order valence-corrected chi connectivity index (χ3v) is 5.46. The van der Waals surface area contributed by atoms with Gasteiger partial charge in [-0.3, -0.25) is 4.72 Å². The van der Waals surface area contributed by atoms with Gasteiger partial charge in [0.25, 0.3) is 10.0 Å². The Bertz CT molecular complexity index is 1170. The highest BCUT2D eigenvalue weighted by Crippen LogP contribution is 2.19. The monoisotopic (exact) mass is 399 g/mol. The van der Waals surface area contributed by atoms with Crippen LogP contribution < -0.4 is 4.72 Å². The zero-order valence-electron chi connectivity index (χ0n) is 13.9. The number of nitrogens with zero attached hydrogens (tertiary/aromatic N) is 4. The number of hydrogen-bond acceptors (Lipinski definition) is 4. The molecule has 0 atom stereocenters. The van der Waals surface area contributed by atoms with Crippen LogP contribution in [0.4, 0.5) is 5.69 Å². The van der Waals surface area contributed by atoms with Gasteiger partial charge in [0, 0.05) is 5.02 Å². The highest BCUT2D eigenvalue weighted by atomic mass is 35.5. The third kappa shape index (κ3) is 3.71. The van der Waals surface area contributed by atoms with Crippen LogP contribution in [0.25, 0.3) is 11.4 Å². The summed E-state index contributed by atoms with van der Waals surface area (Å²) in [5.41, 5.74) is 1.97. The lowest BCUT2D eigenvalue weighted by molar-refractivity contribution is 0.601. The molecule has 2 aromatic heterocycles. The van der Waals surface area contributed by atoms with E-state index in [1.165, 1.54) is 30.5 Å². The molecule has 0 aliphatic heterocycles. The van der Waals surface area contributed by atoms with Gasteiger partial charge in [0.1, 0.15) is 5.69 Å². The lowest BCUT2D eigenvalue weighted by Crippen LogP contribution is -2.12. The van der Waals surface area contributed by atoms with E-state index in [2.05, 4.69) is 14.9 Å². The molecule has 0 radical (unpaired) electrons. The van der Waals surface area contributed by atoms with Gasteiger partial charge in [-0.15, -0.1) is 0 Å². The zero-order valence-corrected chi connectivity index (χ0v) is 15.5. The molecule has 27 heavy (non-hydrogen) atoms. The van der Waals surface area contributed by atoms with E-state index in [4.69, 9.17) is 11.6 Å². The second kappa shape index (κ2) is 6.90. The van der Waals surface area contributed by atoms with Crippen LogP contribution >= 0.6 is 11.6 Å². The molecule has 2 aromatic carbocycles. The second-order valence-corrected chi connectivity index (χ2v) is 7.83.